The number of amides is 1. The predicted octanol–water partition coefficient (Wildman–Crippen LogP) is 4.39. The van der Waals surface area contributed by atoms with Crippen molar-refractivity contribution < 1.29 is 9.53 Å². The summed E-state index contributed by atoms with van der Waals surface area (Å²) >= 11 is 0. The third kappa shape index (κ3) is 3.23. The molecule has 24 heavy (non-hydrogen) atoms. The average molecular weight is 324 g/mol. The van der Waals surface area contributed by atoms with Crippen LogP contribution in [0, 0.1) is 5.41 Å². The summed E-state index contributed by atoms with van der Waals surface area (Å²) in [6.07, 6.45) is 0.870. The van der Waals surface area contributed by atoms with Crippen molar-refractivity contribution in [3.05, 3.63) is 53.6 Å². The van der Waals surface area contributed by atoms with Crippen molar-refractivity contribution in [2.24, 2.45) is 5.41 Å². The fourth-order valence-electron chi connectivity index (χ4n) is 2.88. The third-order valence-electron chi connectivity index (χ3n) is 4.33. The van der Waals surface area contributed by atoms with Gasteiger partial charge in [0.25, 0.3) is 0 Å². The average Bonchev–Trinajstić information content (AvgIpc) is 2.97. The second kappa shape index (κ2) is 6.19. The molecule has 2 aromatic rings. The quantitative estimate of drug-likeness (QED) is 0.880. The van der Waals surface area contributed by atoms with Crippen molar-refractivity contribution in [3.8, 4) is 5.75 Å². The molecule has 3 rings (SSSR count). The van der Waals surface area contributed by atoms with Gasteiger partial charge in [0, 0.05) is 16.8 Å². The molecule has 4 nitrogen and oxygen atoms in total. The molecule has 2 N–H and O–H groups in total. The van der Waals surface area contributed by atoms with Crippen molar-refractivity contribution in [2.75, 3.05) is 17.7 Å². The highest BCUT2D eigenvalue weighted by molar-refractivity contribution is 5.95. The SMILES string of the molecule is COc1ccc2c(c1)CC(c1ccccc1NC(=O)C(C)(C)C)N2. The molecule has 0 saturated carbocycles. The zero-order chi connectivity index (χ0) is 17.3. The molecule has 0 aromatic heterocycles. The summed E-state index contributed by atoms with van der Waals surface area (Å²) < 4.78 is 5.31. The molecule has 0 aliphatic carbocycles. The molecule has 0 saturated heterocycles. The maximum Gasteiger partial charge on any atom is 0.229 e. The van der Waals surface area contributed by atoms with Crippen LogP contribution in [0.3, 0.4) is 0 Å². The van der Waals surface area contributed by atoms with Gasteiger partial charge in [0.05, 0.1) is 13.2 Å². The Morgan fingerprint density at radius 3 is 2.67 bits per heavy atom. The minimum Gasteiger partial charge on any atom is -0.497 e. The Balaban J connectivity index is 1.85. The molecule has 0 bridgehead atoms. The molecule has 1 atom stereocenters. The normalized spacial score (nSPS) is 16.2. The molecule has 1 unspecified atom stereocenters. The minimum atomic E-state index is -0.424. The standard InChI is InChI=1S/C20H24N2O2/c1-20(2,3)19(23)22-17-8-6-5-7-15(17)18-12-13-11-14(24-4)9-10-16(13)21-18/h5-11,18,21H,12H2,1-4H3,(H,22,23). The molecule has 1 heterocycles. The lowest BCUT2D eigenvalue weighted by Crippen LogP contribution is -2.28. The van der Waals surface area contributed by atoms with E-state index < -0.39 is 5.41 Å². The first-order valence-corrected chi connectivity index (χ1v) is 8.22. The van der Waals surface area contributed by atoms with Crippen LogP contribution in [0.2, 0.25) is 0 Å². The van der Waals surface area contributed by atoms with E-state index in [0.717, 1.165) is 29.1 Å². The summed E-state index contributed by atoms with van der Waals surface area (Å²) in [5.74, 6) is 0.887. The molecular formula is C20H24N2O2. The van der Waals surface area contributed by atoms with Crippen molar-refractivity contribution in [3.63, 3.8) is 0 Å². The van der Waals surface area contributed by atoms with Gasteiger partial charge in [-0.1, -0.05) is 39.0 Å². The summed E-state index contributed by atoms with van der Waals surface area (Å²) in [6, 6.07) is 14.2. The number of carbonyl (C=O) groups excluding carboxylic acids is 1. The molecule has 2 aromatic carbocycles. The summed E-state index contributed by atoms with van der Waals surface area (Å²) in [7, 11) is 1.68. The van der Waals surface area contributed by atoms with Crippen molar-refractivity contribution in [2.45, 2.75) is 33.2 Å². The number of para-hydroxylation sites is 1. The van der Waals surface area contributed by atoms with Crippen LogP contribution in [0.1, 0.15) is 37.9 Å². The van der Waals surface area contributed by atoms with Gasteiger partial charge >= 0.3 is 0 Å². The van der Waals surface area contributed by atoms with Crippen LogP contribution >= 0.6 is 0 Å². The maximum atomic E-state index is 12.4. The van der Waals surface area contributed by atoms with Crippen LogP contribution in [-0.4, -0.2) is 13.0 Å². The fourth-order valence-corrected chi connectivity index (χ4v) is 2.88. The number of anilines is 2. The first kappa shape index (κ1) is 16.4. The third-order valence-corrected chi connectivity index (χ3v) is 4.33. The lowest BCUT2D eigenvalue weighted by atomic mass is 9.94. The van der Waals surface area contributed by atoms with Gasteiger partial charge in [-0.05, 0) is 41.8 Å². The van der Waals surface area contributed by atoms with Gasteiger partial charge in [0.2, 0.25) is 5.91 Å². The van der Waals surface area contributed by atoms with Gasteiger partial charge < -0.3 is 15.4 Å². The Bertz CT molecular complexity index is 762. The van der Waals surface area contributed by atoms with Gasteiger partial charge in [-0.2, -0.15) is 0 Å². The van der Waals surface area contributed by atoms with Crippen LogP contribution in [-0.2, 0) is 11.2 Å². The van der Waals surface area contributed by atoms with Crippen LogP contribution in [0.4, 0.5) is 11.4 Å². The van der Waals surface area contributed by atoms with Crippen LogP contribution in [0.15, 0.2) is 42.5 Å². The molecule has 4 heteroatoms. The molecule has 1 aliphatic rings. The molecule has 126 valence electrons. The summed E-state index contributed by atoms with van der Waals surface area (Å²) in [5, 5.41) is 6.62. The highest BCUT2D eigenvalue weighted by Crippen LogP contribution is 2.38. The van der Waals surface area contributed by atoms with Gasteiger partial charge in [-0.15, -0.1) is 0 Å². The molecule has 1 amide bonds. The largest absolute Gasteiger partial charge is 0.497 e. The fraction of sp³-hybridized carbons (Fsp3) is 0.350. The molecule has 0 radical (unpaired) electrons. The van der Waals surface area contributed by atoms with E-state index in [-0.39, 0.29) is 11.9 Å². The van der Waals surface area contributed by atoms with Gasteiger partial charge in [0.1, 0.15) is 5.75 Å². The maximum absolute atomic E-state index is 12.4. The van der Waals surface area contributed by atoms with Crippen LogP contribution < -0.4 is 15.4 Å². The highest BCUT2D eigenvalue weighted by Gasteiger charge is 2.27. The van der Waals surface area contributed by atoms with Crippen LogP contribution in [0.5, 0.6) is 5.75 Å². The number of hydrogen-bond donors (Lipinski definition) is 2. The number of carbonyl (C=O) groups is 1. The number of benzene rings is 2. The van der Waals surface area contributed by atoms with E-state index in [1.165, 1.54) is 5.56 Å². The first-order valence-electron chi connectivity index (χ1n) is 8.22. The van der Waals surface area contributed by atoms with E-state index in [1.807, 2.05) is 51.1 Å². The van der Waals surface area contributed by atoms with Crippen LogP contribution in [0.25, 0.3) is 0 Å². The van der Waals surface area contributed by atoms with E-state index >= 15 is 0 Å². The van der Waals surface area contributed by atoms with Crippen molar-refractivity contribution in [1.82, 2.24) is 0 Å². The Labute approximate surface area is 143 Å². The molecule has 0 fully saturated rings. The van der Waals surface area contributed by atoms with Gasteiger partial charge in [-0.3, -0.25) is 4.79 Å². The van der Waals surface area contributed by atoms with E-state index in [9.17, 15) is 4.79 Å². The zero-order valence-corrected chi connectivity index (χ0v) is 14.6. The summed E-state index contributed by atoms with van der Waals surface area (Å²) in [5.41, 5.74) is 3.90. The second-order valence-corrected chi connectivity index (χ2v) is 7.22. The van der Waals surface area contributed by atoms with E-state index in [4.69, 9.17) is 4.74 Å². The molecule has 1 aliphatic heterocycles. The second-order valence-electron chi connectivity index (χ2n) is 7.22. The Morgan fingerprint density at radius 1 is 1.21 bits per heavy atom. The van der Waals surface area contributed by atoms with Gasteiger partial charge in [-0.25, -0.2) is 0 Å². The summed E-state index contributed by atoms with van der Waals surface area (Å²) in [6.45, 7) is 5.75. The number of methoxy groups -OCH3 is 1. The smallest absolute Gasteiger partial charge is 0.229 e. The van der Waals surface area contributed by atoms with E-state index in [1.54, 1.807) is 7.11 Å². The minimum absolute atomic E-state index is 0.0205. The molecule has 0 spiro atoms. The lowest BCUT2D eigenvalue weighted by Gasteiger charge is -2.21. The topological polar surface area (TPSA) is 50.4 Å². The zero-order valence-electron chi connectivity index (χ0n) is 14.6. The van der Waals surface area contributed by atoms with Gasteiger partial charge in [0.15, 0.2) is 0 Å². The number of hydrogen-bond acceptors (Lipinski definition) is 3. The number of ether oxygens (including phenoxy) is 1. The molecular weight excluding hydrogens is 300 g/mol. The predicted molar refractivity (Wildman–Crippen MR) is 97.6 cm³/mol. The van der Waals surface area contributed by atoms with E-state index in [0.29, 0.717) is 0 Å². The number of fused-ring (bicyclic) bond motifs is 1. The first-order chi connectivity index (χ1) is 11.4. The monoisotopic (exact) mass is 324 g/mol. The van der Waals surface area contributed by atoms with Crippen molar-refractivity contribution in [1.29, 1.82) is 0 Å². The van der Waals surface area contributed by atoms with E-state index in [2.05, 4.69) is 22.8 Å². The van der Waals surface area contributed by atoms with Crippen molar-refractivity contribution >= 4 is 17.3 Å². The lowest BCUT2D eigenvalue weighted by molar-refractivity contribution is -0.123. The highest BCUT2D eigenvalue weighted by atomic mass is 16.5. The Hall–Kier alpha value is -2.49. The Morgan fingerprint density at radius 2 is 1.96 bits per heavy atom. The number of rotatable bonds is 3. The summed E-state index contributed by atoms with van der Waals surface area (Å²) in [4.78, 5) is 12.4. The Kier molecular flexibility index (Phi) is 4.22. The number of nitrogens with one attached hydrogen (secondary N) is 2.